The zero-order valence-electron chi connectivity index (χ0n) is 11.6. The van der Waals surface area contributed by atoms with E-state index in [1.54, 1.807) is 5.57 Å². The highest BCUT2D eigenvalue weighted by Gasteiger charge is 2.64. The molecule has 3 fully saturated rings. The van der Waals surface area contributed by atoms with Crippen LogP contribution in [0.5, 0.6) is 0 Å². The van der Waals surface area contributed by atoms with Crippen molar-refractivity contribution in [3.8, 4) is 0 Å². The number of Topliss-reactive ketones (excluding diaryl/α,β-unsaturated/α-hetero) is 1. The van der Waals surface area contributed by atoms with E-state index in [0.29, 0.717) is 23.0 Å². The molecular formula is C17H24O. The Morgan fingerprint density at radius 3 is 2.83 bits per heavy atom. The molecule has 4 aliphatic carbocycles. The molecule has 0 aromatic carbocycles. The molecule has 0 saturated heterocycles. The lowest BCUT2D eigenvalue weighted by Gasteiger charge is -2.21. The molecule has 0 aliphatic heterocycles. The number of fused-ring (bicyclic) bond motifs is 5. The van der Waals surface area contributed by atoms with Gasteiger partial charge in [0.15, 0.2) is 0 Å². The normalized spacial score (nSPS) is 48.7. The molecule has 1 nitrogen and oxygen atoms in total. The van der Waals surface area contributed by atoms with Crippen LogP contribution in [0.1, 0.15) is 52.4 Å². The van der Waals surface area contributed by atoms with Crippen molar-refractivity contribution in [2.24, 2.45) is 35.0 Å². The lowest BCUT2D eigenvalue weighted by Crippen LogP contribution is -2.16. The highest BCUT2D eigenvalue weighted by atomic mass is 16.1. The Kier molecular flexibility index (Phi) is 2.18. The minimum absolute atomic E-state index is 0.402. The van der Waals surface area contributed by atoms with Gasteiger partial charge >= 0.3 is 0 Å². The third kappa shape index (κ3) is 1.31. The number of carbonyl (C=O) groups excluding carboxylic acids is 1. The largest absolute Gasteiger partial charge is 0.299 e. The Labute approximate surface area is 110 Å². The van der Waals surface area contributed by atoms with E-state index in [9.17, 15) is 4.79 Å². The summed E-state index contributed by atoms with van der Waals surface area (Å²) in [6.07, 6.45) is 9.59. The molecule has 0 N–H and O–H groups in total. The van der Waals surface area contributed by atoms with Gasteiger partial charge in [-0.3, -0.25) is 4.79 Å². The number of allylic oxidation sites excluding steroid dienone is 2. The van der Waals surface area contributed by atoms with Gasteiger partial charge in [0.2, 0.25) is 0 Å². The summed E-state index contributed by atoms with van der Waals surface area (Å²) in [6.45, 7) is 4.88. The zero-order chi connectivity index (χ0) is 12.5. The van der Waals surface area contributed by atoms with E-state index < -0.39 is 0 Å². The van der Waals surface area contributed by atoms with Gasteiger partial charge in [0.25, 0.3) is 0 Å². The summed E-state index contributed by atoms with van der Waals surface area (Å²) in [5.41, 5.74) is 2.26. The fourth-order valence-corrected chi connectivity index (χ4v) is 5.61. The third-order valence-corrected chi connectivity index (χ3v) is 6.63. The zero-order valence-corrected chi connectivity index (χ0v) is 11.6. The second kappa shape index (κ2) is 3.49. The van der Waals surface area contributed by atoms with Gasteiger partial charge in [0.1, 0.15) is 5.78 Å². The molecule has 4 rings (SSSR count). The first-order chi connectivity index (χ1) is 8.60. The highest BCUT2D eigenvalue weighted by molar-refractivity contribution is 5.82. The molecule has 0 amide bonds. The summed E-state index contributed by atoms with van der Waals surface area (Å²) in [6, 6.07) is 0. The number of carbonyl (C=O) groups is 1. The molecule has 5 atom stereocenters. The fraction of sp³-hybridized carbons (Fsp3) is 0.824. The molecule has 3 saturated carbocycles. The van der Waals surface area contributed by atoms with Crippen molar-refractivity contribution in [1.29, 1.82) is 0 Å². The average molecular weight is 244 g/mol. The van der Waals surface area contributed by atoms with Crippen LogP contribution in [0.3, 0.4) is 0 Å². The van der Waals surface area contributed by atoms with Crippen molar-refractivity contribution in [1.82, 2.24) is 0 Å². The molecule has 4 aliphatic rings. The first-order valence-corrected chi connectivity index (χ1v) is 7.83. The standard InChI is InChI=1S/C17H24O/c1-17(2)14-8-7-11-10-5-3-4-6-15(18)12(10)9-13(11)16(14)17/h7,10,12-14,16H,3-6,8-9H2,1-2H3/t10-,12-,13-,14-,16+/m1/s1. The first kappa shape index (κ1) is 11.3. The van der Waals surface area contributed by atoms with Gasteiger partial charge in [-0.25, -0.2) is 0 Å². The molecule has 0 aromatic heterocycles. The Hall–Kier alpha value is -0.590. The van der Waals surface area contributed by atoms with E-state index in [-0.39, 0.29) is 0 Å². The predicted molar refractivity (Wildman–Crippen MR) is 72.0 cm³/mol. The van der Waals surface area contributed by atoms with Gasteiger partial charge in [-0.1, -0.05) is 31.9 Å². The van der Waals surface area contributed by atoms with Crippen LogP contribution in [0, 0.1) is 35.0 Å². The fourth-order valence-electron chi connectivity index (χ4n) is 5.61. The summed E-state index contributed by atoms with van der Waals surface area (Å²) in [5.74, 6) is 4.22. The first-order valence-electron chi connectivity index (χ1n) is 7.83. The van der Waals surface area contributed by atoms with Gasteiger partial charge in [-0.2, -0.15) is 0 Å². The van der Waals surface area contributed by atoms with E-state index in [0.717, 1.165) is 30.6 Å². The lowest BCUT2D eigenvalue weighted by molar-refractivity contribution is -0.123. The maximum absolute atomic E-state index is 12.3. The summed E-state index contributed by atoms with van der Waals surface area (Å²) >= 11 is 0. The van der Waals surface area contributed by atoms with Crippen LogP contribution in [0.4, 0.5) is 0 Å². The molecule has 0 radical (unpaired) electrons. The summed E-state index contributed by atoms with van der Waals surface area (Å²) in [7, 11) is 0. The molecule has 1 heteroatoms. The maximum atomic E-state index is 12.3. The SMILES string of the molecule is CC1(C)[C@H]2[C@@H]3C[C@H]4C(=O)CCCC[C@@H]4C3=CC[C@H]21. The van der Waals surface area contributed by atoms with E-state index in [4.69, 9.17) is 0 Å². The van der Waals surface area contributed by atoms with E-state index in [1.807, 2.05) is 0 Å². The molecule has 18 heavy (non-hydrogen) atoms. The third-order valence-electron chi connectivity index (χ3n) is 6.63. The van der Waals surface area contributed by atoms with Crippen LogP contribution in [0.2, 0.25) is 0 Å². The van der Waals surface area contributed by atoms with Gasteiger partial charge in [0, 0.05) is 12.3 Å². The quantitative estimate of drug-likeness (QED) is 0.589. The predicted octanol–water partition coefficient (Wildman–Crippen LogP) is 3.98. The number of rotatable bonds is 0. The van der Waals surface area contributed by atoms with Gasteiger partial charge < -0.3 is 0 Å². The molecule has 0 unspecified atom stereocenters. The second-order valence-electron chi connectivity index (χ2n) is 7.66. The van der Waals surface area contributed by atoms with Crippen molar-refractivity contribution < 1.29 is 4.79 Å². The van der Waals surface area contributed by atoms with Crippen molar-refractivity contribution in [2.45, 2.75) is 52.4 Å². The van der Waals surface area contributed by atoms with E-state index in [1.165, 1.54) is 25.7 Å². The van der Waals surface area contributed by atoms with Crippen LogP contribution >= 0.6 is 0 Å². The Morgan fingerprint density at radius 1 is 1.17 bits per heavy atom. The minimum atomic E-state index is 0.402. The molecular weight excluding hydrogens is 220 g/mol. The highest BCUT2D eigenvalue weighted by Crippen LogP contribution is 2.70. The average Bonchev–Trinajstić information content (AvgIpc) is 2.79. The Morgan fingerprint density at radius 2 is 2.00 bits per heavy atom. The van der Waals surface area contributed by atoms with Crippen molar-refractivity contribution >= 4 is 5.78 Å². The topological polar surface area (TPSA) is 17.1 Å². The Bertz CT molecular complexity index is 431. The smallest absolute Gasteiger partial charge is 0.136 e. The van der Waals surface area contributed by atoms with Gasteiger partial charge in [-0.15, -0.1) is 0 Å². The van der Waals surface area contributed by atoms with Crippen LogP contribution < -0.4 is 0 Å². The Balaban J connectivity index is 1.67. The summed E-state index contributed by atoms with van der Waals surface area (Å²) < 4.78 is 0. The molecule has 0 bridgehead atoms. The summed E-state index contributed by atoms with van der Waals surface area (Å²) in [4.78, 5) is 12.3. The lowest BCUT2D eigenvalue weighted by atomic mass is 9.84. The van der Waals surface area contributed by atoms with Crippen LogP contribution in [-0.2, 0) is 4.79 Å². The summed E-state index contributed by atoms with van der Waals surface area (Å²) in [5, 5.41) is 0. The van der Waals surface area contributed by atoms with E-state index >= 15 is 0 Å². The number of hydrogen-bond donors (Lipinski definition) is 0. The maximum Gasteiger partial charge on any atom is 0.136 e. The second-order valence-corrected chi connectivity index (χ2v) is 7.66. The number of hydrogen-bond acceptors (Lipinski definition) is 1. The molecule has 98 valence electrons. The van der Waals surface area contributed by atoms with E-state index in [2.05, 4.69) is 19.9 Å². The molecule has 0 spiro atoms. The van der Waals surface area contributed by atoms with Crippen molar-refractivity contribution in [3.63, 3.8) is 0 Å². The monoisotopic (exact) mass is 244 g/mol. The van der Waals surface area contributed by atoms with Crippen LogP contribution in [0.15, 0.2) is 11.6 Å². The van der Waals surface area contributed by atoms with Crippen molar-refractivity contribution in [2.75, 3.05) is 0 Å². The van der Waals surface area contributed by atoms with Crippen molar-refractivity contribution in [3.05, 3.63) is 11.6 Å². The number of ketones is 1. The minimum Gasteiger partial charge on any atom is -0.299 e. The molecule has 0 heterocycles. The van der Waals surface area contributed by atoms with Gasteiger partial charge in [-0.05, 0) is 54.8 Å². The van der Waals surface area contributed by atoms with Crippen LogP contribution in [-0.4, -0.2) is 5.78 Å². The van der Waals surface area contributed by atoms with Crippen LogP contribution in [0.25, 0.3) is 0 Å². The molecule has 0 aromatic rings. The van der Waals surface area contributed by atoms with Gasteiger partial charge in [0.05, 0.1) is 0 Å².